The predicted molar refractivity (Wildman–Crippen MR) is 85.7 cm³/mol. The van der Waals surface area contributed by atoms with Gasteiger partial charge in [-0.1, -0.05) is 38.8 Å². The molecule has 0 fully saturated rings. The second-order valence-corrected chi connectivity index (χ2v) is 6.49. The van der Waals surface area contributed by atoms with Crippen LogP contribution >= 0.6 is 11.6 Å². The van der Waals surface area contributed by atoms with Gasteiger partial charge < -0.3 is 11.1 Å². The van der Waals surface area contributed by atoms with E-state index in [1.165, 1.54) is 12.3 Å². The van der Waals surface area contributed by atoms with Crippen LogP contribution < -0.4 is 5.73 Å². The average Bonchev–Trinajstić information content (AvgIpc) is 2.41. The van der Waals surface area contributed by atoms with E-state index in [-0.39, 0.29) is 22.1 Å². The number of carbonyl (C=O) groups excluding carboxylic acids is 1. The van der Waals surface area contributed by atoms with E-state index in [1.807, 2.05) is 6.92 Å². The number of nitrogens with two attached hydrogens (primary N) is 1. The molecule has 21 heavy (non-hydrogen) atoms. The Morgan fingerprint density at radius 1 is 1.52 bits per heavy atom. The Morgan fingerprint density at radius 2 is 2.14 bits per heavy atom. The standard InChI is InChI=1S/C16H22ClFN2O/c1-10(2)4-5-16(3,6-7-19)15(21)11-8-12(17)14(20)13(18)9-11/h7-10,19H,4-6,20H2,1-3H3. The Balaban J connectivity index is 3.13. The summed E-state index contributed by atoms with van der Waals surface area (Å²) >= 11 is 5.86. The number of anilines is 1. The molecule has 1 unspecified atom stereocenters. The van der Waals surface area contributed by atoms with Crippen LogP contribution in [0.5, 0.6) is 0 Å². The lowest BCUT2D eigenvalue weighted by atomic mass is 9.75. The zero-order valence-electron chi connectivity index (χ0n) is 12.7. The lowest BCUT2D eigenvalue weighted by Gasteiger charge is -2.27. The molecule has 1 aromatic rings. The summed E-state index contributed by atoms with van der Waals surface area (Å²) in [4.78, 5) is 12.7. The van der Waals surface area contributed by atoms with Gasteiger partial charge in [-0.05, 0) is 37.1 Å². The second kappa shape index (κ2) is 7.03. The first-order chi connectivity index (χ1) is 9.71. The second-order valence-electron chi connectivity index (χ2n) is 6.08. The van der Waals surface area contributed by atoms with Crippen LogP contribution in [0.4, 0.5) is 10.1 Å². The quantitative estimate of drug-likeness (QED) is 0.434. The van der Waals surface area contributed by atoms with Crippen molar-refractivity contribution >= 4 is 29.3 Å². The molecule has 0 aliphatic heterocycles. The summed E-state index contributed by atoms with van der Waals surface area (Å²) in [5.74, 6) is -0.436. The minimum Gasteiger partial charge on any atom is -0.395 e. The number of halogens is 2. The number of nitrogens with one attached hydrogen (secondary N) is 1. The van der Waals surface area contributed by atoms with Crippen LogP contribution in [0.25, 0.3) is 0 Å². The van der Waals surface area contributed by atoms with Crippen molar-refractivity contribution in [1.29, 1.82) is 5.41 Å². The molecule has 0 aromatic heterocycles. The maximum absolute atomic E-state index is 13.7. The van der Waals surface area contributed by atoms with Gasteiger partial charge in [-0.25, -0.2) is 4.39 Å². The molecule has 3 N–H and O–H groups in total. The fourth-order valence-corrected chi connectivity index (χ4v) is 2.41. The number of ketones is 1. The Labute approximate surface area is 130 Å². The fraction of sp³-hybridized carbons (Fsp3) is 0.500. The van der Waals surface area contributed by atoms with Crippen LogP contribution in [0, 0.1) is 22.6 Å². The summed E-state index contributed by atoms with van der Waals surface area (Å²) in [6.07, 6.45) is 3.05. The third kappa shape index (κ3) is 4.27. The van der Waals surface area contributed by atoms with Crippen molar-refractivity contribution in [3.63, 3.8) is 0 Å². The molecule has 0 saturated carbocycles. The van der Waals surface area contributed by atoms with E-state index in [1.54, 1.807) is 0 Å². The highest BCUT2D eigenvalue weighted by atomic mass is 35.5. The van der Waals surface area contributed by atoms with Crippen molar-refractivity contribution in [2.45, 2.75) is 40.0 Å². The van der Waals surface area contributed by atoms with E-state index < -0.39 is 11.2 Å². The van der Waals surface area contributed by atoms with Gasteiger partial charge in [0.2, 0.25) is 0 Å². The maximum atomic E-state index is 13.7. The molecule has 0 radical (unpaired) electrons. The van der Waals surface area contributed by atoms with Crippen molar-refractivity contribution in [2.75, 3.05) is 5.73 Å². The average molecular weight is 313 g/mol. The van der Waals surface area contributed by atoms with E-state index in [9.17, 15) is 9.18 Å². The summed E-state index contributed by atoms with van der Waals surface area (Å²) in [5, 5.41) is 7.36. The van der Waals surface area contributed by atoms with Gasteiger partial charge in [-0.3, -0.25) is 4.79 Å². The van der Waals surface area contributed by atoms with Gasteiger partial charge in [0.25, 0.3) is 0 Å². The van der Waals surface area contributed by atoms with E-state index >= 15 is 0 Å². The first kappa shape index (κ1) is 17.6. The van der Waals surface area contributed by atoms with Gasteiger partial charge in [-0.2, -0.15) is 0 Å². The van der Waals surface area contributed by atoms with Gasteiger partial charge in [0.05, 0.1) is 10.7 Å². The minimum atomic E-state index is -0.724. The zero-order chi connectivity index (χ0) is 16.2. The first-order valence-electron chi connectivity index (χ1n) is 6.99. The van der Waals surface area contributed by atoms with Gasteiger partial charge in [0.1, 0.15) is 5.82 Å². The first-order valence-corrected chi connectivity index (χ1v) is 7.37. The highest BCUT2D eigenvalue weighted by molar-refractivity contribution is 6.33. The summed E-state index contributed by atoms with van der Waals surface area (Å²) in [5.41, 5.74) is 4.80. The molecule has 0 aliphatic carbocycles. The Bertz CT molecular complexity index is 522. The smallest absolute Gasteiger partial charge is 0.169 e. The highest BCUT2D eigenvalue weighted by Gasteiger charge is 2.33. The monoisotopic (exact) mass is 312 g/mol. The van der Waals surface area contributed by atoms with E-state index in [0.717, 1.165) is 12.5 Å². The Hall–Kier alpha value is -1.42. The predicted octanol–water partition coefficient (Wildman–Crippen LogP) is 4.73. The van der Waals surface area contributed by atoms with Crippen LogP contribution in [-0.4, -0.2) is 12.0 Å². The lowest BCUT2D eigenvalue weighted by molar-refractivity contribution is 0.0803. The van der Waals surface area contributed by atoms with Crippen molar-refractivity contribution in [3.05, 3.63) is 28.5 Å². The molecule has 1 rings (SSSR count). The van der Waals surface area contributed by atoms with Gasteiger partial charge >= 0.3 is 0 Å². The van der Waals surface area contributed by atoms with Crippen LogP contribution in [0.1, 0.15) is 50.4 Å². The van der Waals surface area contributed by atoms with Crippen LogP contribution in [0.2, 0.25) is 5.02 Å². The largest absolute Gasteiger partial charge is 0.395 e. The SMILES string of the molecule is CC(C)CCC(C)(CC=N)C(=O)c1cc(F)c(N)c(Cl)c1. The Morgan fingerprint density at radius 3 is 2.62 bits per heavy atom. The van der Waals surface area contributed by atoms with Gasteiger partial charge in [0, 0.05) is 11.0 Å². The maximum Gasteiger partial charge on any atom is 0.169 e. The molecule has 1 aromatic carbocycles. The number of nitrogen functional groups attached to an aromatic ring is 1. The third-order valence-electron chi connectivity index (χ3n) is 3.72. The van der Waals surface area contributed by atoms with E-state index in [2.05, 4.69) is 13.8 Å². The molecule has 0 bridgehead atoms. The molecule has 0 aliphatic rings. The summed E-state index contributed by atoms with van der Waals surface area (Å²) in [7, 11) is 0. The van der Waals surface area contributed by atoms with Crippen LogP contribution in [0.3, 0.4) is 0 Å². The molecule has 1 atom stereocenters. The lowest BCUT2D eigenvalue weighted by Crippen LogP contribution is -2.29. The molecule has 0 spiro atoms. The topological polar surface area (TPSA) is 66.9 Å². The van der Waals surface area contributed by atoms with Crippen molar-refractivity contribution in [2.24, 2.45) is 11.3 Å². The zero-order valence-corrected chi connectivity index (χ0v) is 13.4. The van der Waals surface area contributed by atoms with Gasteiger partial charge in [-0.15, -0.1) is 0 Å². The molecule has 5 heteroatoms. The summed E-state index contributed by atoms with van der Waals surface area (Å²) in [6.45, 7) is 5.97. The van der Waals surface area contributed by atoms with Crippen LogP contribution in [-0.2, 0) is 0 Å². The van der Waals surface area contributed by atoms with Gasteiger partial charge in [0.15, 0.2) is 5.78 Å². The number of benzene rings is 1. The highest BCUT2D eigenvalue weighted by Crippen LogP contribution is 2.34. The number of rotatable bonds is 7. The molecule has 0 saturated heterocycles. The third-order valence-corrected chi connectivity index (χ3v) is 4.03. The summed E-state index contributed by atoms with van der Waals surface area (Å²) < 4.78 is 13.7. The van der Waals surface area contributed by atoms with Crippen LogP contribution in [0.15, 0.2) is 12.1 Å². The number of hydrogen-bond acceptors (Lipinski definition) is 3. The molecule has 3 nitrogen and oxygen atoms in total. The molecular formula is C16H22ClFN2O. The summed E-state index contributed by atoms with van der Waals surface area (Å²) in [6, 6.07) is 2.53. The number of hydrogen-bond donors (Lipinski definition) is 2. The number of carbonyl (C=O) groups is 1. The van der Waals surface area contributed by atoms with Crippen molar-refractivity contribution < 1.29 is 9.18 Å². The Kier molecular flexibility index (Phi) is 5.90. The number of Topliss-reactive ketones (excluding diaryl/α,β-unsaturated/α-hetero) is 1. The molecule has 0 amide bonds. The fourth-order valence-electron chi connectivity index (χ4n) is 2.20. The molecular weight excluding hydrogens is 291 g/mol. The van der Waals surface area contributed by atoms with Crippen molar-refractivity contribution in [1.82, 2.24) is 0 Å². The van der Waals surface area contributed by atoms with Crippen molar-refractivity contribution in [3.8, 4) is 0 Å². The van der Waals surface area contributed by atoms with E-state index in [4.69, 9.17) is 22.7 Å². The minimum absolute atomic E-state index is 0.0411. The van der Waals surface area contributed by atoms with E-state index in [0.29, 0.717) is 18.8 Å². The molecule has 0 heterocycles. The molecule has 116 valence electrons. The normalized spacial score (nSPS) is 14.0.